The molecule has 4 rings (SSSR count). The Labute approximate surface area is 141 Å². The van der Waals surface area contributed by atoms with Crippen molar-refractivity contribution in [2.75, 3.05) is 0 Å². The Morgan fingerprint density at radius 1 is 1.12 bits per heavy atom. The van der Waals surface area contributed by atoms with E-state index in [0.29, 0.717) is 25.7 Å². The van der Waals surface area contributed by atoms with Crippen molar-refractivity contribution < 1.29 is 24.5 Å². The van der Waals surface area contributed by atoms with E-state index in [1.54, 1.807) is 13.8 Å². The van der Waals surface area contributed by atoms with Gasteiger partial charge in [0.2, 0.25) is 0 Å². The van der Waals surface area contributed by atoms with Crippen molar-refractivity contribution in [3.8, 4) is 0 Å². The first-order chi connectivity index (χ1) is 11.1. The van der Waals surface area contributed by atoms with Gasteiger partial charge in [0.1, 0.15) is 11.5 Å². The molecule has 134 valence electrons. The van der Waals surface area contributed by atoms with E-state index in [-0.39, 0.29) is 25.0 Å². The summed E-state index contributed by atoms with van der Waals surface area (Å²) in [5, 5.41) is 32.1. The highest BCUT2D eigenvalue weighted by Crippen LogP contribution is 2.65. The molecule has 0 aliphatic heterocycles. The summed E-state index contributed by atoms with van der Waals surface area (Å²) in [6.45, 7) is 3.54. The first-order valence-electron chi connectivity index (χ1n) is 9.13. The van der Waals surface area contributed by atoms with Gasteiger partial charge in [-0.15, -0.1) is 0 Å². The lowest BCUT2D eigenvalue weighted by Crippen LogP contribution is -2.68. The molecule has 5 unspecified atom stereocenters. The zero-order chi connectivity index (χ0) is 17.5. The number of rotatable bonds is 0. The second kappa shape index (κ2) is 4.89. The molecule has 4 aliphatic rings. The van der Waals surface area contributed by atoms with Gasteiger partial charge in [-0.25, -0.2) is 4.39 Å². The van der Waals surface area contributed by atoms with Gasteiger partial charge >= 0.3 is 0 Å². The molecular weight excluding hydrogens is 311 g/mol. The number of aliphatic hydroxyl groups is 3. The van der Waals surface area contributed by atoms with E-state index in [2.05, 4.69) is 0 Å². The number of alkyl halides is 1. The fraction of sp³-hybridized carbons (Fsp3) is 0.842. The largest absolute Gasteiger partial charge is 0.393 e. The number of aliphatic hydroxyl groups excluding tert-OH is 2. The molecular formula is C19H27FO4. The first-order valence-corrected chi connectivity index (χ1v) is 9.13. The Morgan fingerprint density at radius 3 is 2.54 bits per heavy atom. The molecule has 0 radical (unpaired) electrons. The fourth-order valence-electron chi connectivity index (χ4n) is 6.28. The summed E-state index contributed by atoms with van der Waals surface area (Å²) < 4.78 is 16.5. The molecule has 0 aromatic carbocycles. The molecule has 2 fully saturated rings. The third kappa shape index (κ3) is 1.86. The molecule has 3 N–H and O–H groups in total. The lowest BCUT2D eigenvalue weighted by Gasteiger charge is -2.61. The van der Waals surface area contributed by atoms with Crippen LogP contribution >= 0.6 is 0 Å². The molecule has 0 aromatic rings. The van der Waals surface area contributed by atoms with Crippen molar-refractivity contribution in [1.82, 2.24) is 0 Å². The Balaban J connectivity index is 1.84. The second-order valence-electron chi connectivity index (χ2n) is 8.89. The summed E-state index contributed by atoms with van der Waals surface area (Å²) in [6, 6.07) is 0. The van der Waals surface area contributed by atoms with Crippen LogP contribution in [0.1, 0.15) is 58.8 Å². The minimum Gasteiger partial charge on any atom is -0.393 e. The minimum atomic E-state index is -1.84. The third-order valence-corrected chi connectivity index (χ3v) is 7.74. The standard InChI is InChI=1S/C19H27FO4/c1-17-5-3-10(21)7-14(17)15(22)8-13-11-4-6-18(2,24)12(11)9-16(23)19(13,17)20/h13-16,22-24H,3-9H2,1-2H3/t13?,14?,15?,16?,17?,18-,19-/m0/s1. The van der Waals surface area contributed by atoms with Crippen LogP contribution < -0.4 is 0 Å². The molecule has 5 heteroatoms. The molecule has 24 heavy (non-hydrogen) atoms. The second-order valence-corrected chi connectivity index (χ2v) is 8.89. The number of halogens is 1. The predicted molar refractivity (Wildman–Crippen MR) is 85.9 cm³/mol. The monoisotopic (exact) mass is 338 g/mol. The van der Waals surface area contributed by atoms with E-state index in [1.165, 1.54) is 0 Å². The van der Waals surface area contributed by atoms with Crippen LogP contribution in [0.15, 0.2) is 11.1 Å². The number of Topliss-reactive ketones (excluding diaryl/α,β-unsaturated/α-hetero) is 1. The summed E-state index contributed by atoms with van der Waals surface area (Å²) in [5.41, 5.74) is -2.05. The van der Waals surface area contributed by atoms with Gasteiger partial charge in [-0.2, -0.15) is 0 Å². The number of hydrogen-bond donors (Lipinski definition) is 3. The summed E-state index contributed by atoms with van der Waals surface area (Å²) in [7, 11) is 0. The zero-order valence-electron chi connectivity index (χ0n) is 14.4. The fourth-order valence-corrected chi connectivity index (χ4v) is 6.28. The van der Waals surface area contributed by atoms with E-state index < -0.39 is 40.7 Å². The quantitative estimate of drug-likeness (QED) is 0.591. The highest BCUT2D eigenvalue weighted by Gasteiger charge is 2.69. The molecule has 4 aliphatic carbocycles. The number of fused-ring (bicyclic) bond motifs is 4. The van der Waals surface area contributed by atoms with Crippen LogP contribution in [0.5, 0.6) is 0 Å². The molecule has 2 saturated carbocycles. The van der Waals surface area contributed by atoms with Crippen LogP contribution in [-0.4, -0.2) is 44.6 Å². The van der Waals surface area contributed by atoms with Crippen LogP contribution in [0.2, 0.25) is 0 Å². The topological polar surface area (TPSA) is 77.8 Å². The Hall–Kier alpha value is -0.780. The highest BCUT2D eigenvalue weighted by molar-refractivity contribution is 5.80. The van der Waals surface area contributed by atoms with Crippen molar-refractivity contribution in [3.63, 3.8) is 0 Å². The lowest BCUT2D eigenvalue weighted by atomic mass is 9.46. The lowest BCUT2D eigenvalue weighted by molar-refractivity contribution is -0.215. The van der Waals surface area contributed by atoms with Gasteiger partial charge in [-0.1, -0.05) is 12.5 Å². The van der Waals surface area contributed by atoms with Crippen LogP contribution in [-0.2, 0) is 4.79 Å². The number of carbonyl (C=O) groups is 1. The molecule has 0 saturated heterocycles. The average Bonchev–Trinajstić information content (AvgIpc) is 2.80. The van der Waals surface area contributed by atoms with Crippen molar-refractivity contribution in [1.29, 1.82) is 0 Å². The maximum atomic E-state index is 16.5. The number of allylic oxidation sites excluding steroid dienone is 1. The molecule has 0 amide bonds. The summed E-state index contributed by atoms with van der Waals surface area (Å²) in [5.74, 6) is -0.916. The predicted octanol–water partition coefficient (Wildman–Crippen LogP) is 2.06. The normalized spacial score (nSPS) is 54.3. The van der Waals surface area contributed by atoms with Crippen molar-refractivity contribution in [3.05, 3.63) is 11.1 Å². The van der Waals surface area contributed by atoms with Gasteiger partial charge in [0.15, 0.2) is 0 Å². The van der Waals surface area contributed by atoms with E-state index in [0.717, 1.165) is 11.1 Å². The van der Waals surface area contributed by atoms with Crippen LogP contribution in [0.4, 0.5) is 4.39 Å². The minimum absolute atomic E-state index is 0.0765. The highest BCUT2D eigenvalue weighted by atomic mass is 19.1. The van der Waals surface area contributed by atoms with E-state index in [4.69, 9.17) is 0 Å². The molecule has 0 bridgehead atoms. The number of carbonyl (C=O) groups excluding carboxylic acids is 1. The van der Waals surface area contributed by atoms with Crippen LogP contribution in [0.25, 0.3) is 0 Å². The van der Waals surface area contributed by atoms with Crippen molar-refractivity contribution in [2.24, 2.45) is 17.3 Å². The van der Waals surface area contributed by atoms with E-state index in [9.17, 15) is 20.1 Å². The summed E-state index contributed by atoms with van der Waals surface area (Å²) in [4.78, 5) is 11.9. The molecule has 7 atom stereocenters. The SMILES string of the molecule is CC12CCC(=O)CC1C(O)CC1C3=C(CC(O)[C@@]12F)[C@@](C)(O)CC3. The van der Waals surface area contributed by atoms with Crippen molar-refractivity contribution in [2.45, 2.75) is 82.3 Å². The summed E-state index contributed by atoms with van der Waals surface area (Å²) >= 11 is 0. The number of hydrogen-bond acceptors (Lipinski definition) is 4. The maximum Gasteiger partial charge on any atom is 0.149 e. The smallest absolute Gasteiger partial charge is 0.149 e. The Kier molecular flexibility index (Phi) is 3.40. The van der Waals surface area contributed by atoms with Gasteiger partial charge in [-0.3, -0.25) is 4.79 Å². The zero-order valence-corrected chi connectivity index (χ0v) is 14.4. The molecule has 4 nitrogen and oxygen atoms in total. The Morgan fingerprint density at radius 2 is 1.83 bits per heavy atom. The van der Waals surface area contributed by atoms with Crippen LogP contribution in [0.3, 0.4) is 0 Å². The van der Waals surface area contributed by atoms with E-state index >= 15 is 4.39 Å². The molecule has 0 aromatic heterocycles. The first kappa shape index (κ1) is 16.7. The van der Waals surface area contributed by atoms with Gasteiger partial charge in [-0.05, 0) is 38.2 Å². The van der Waals surface area contributed by atoms with Crippen molar-refractivity contribution >= 4 is 5.78 Å². The third-order valence-electron chi connectivity index (χ3n) is 7.74. The van der Waals surface area contributed by atoms with Gasteiger partial charge < -0.3 is 15.3 Å². The van der Waals surface area contributed by atoms with Gasteiger partial charge in [0, 0.05) is 36.5 Å². The van der Waals surface area contributed by atoms with Gasteiger partial charge in [0.25, 0.3) is 0 Å². The van der Waals surface area contributed by atoms with Crippen LogP contribution in [0, 0.1) is 17.3 Å². The summed E-state index contributed by atoms with van der Waals surface area (Å²) in [6.07, 6.45) is 0.510. The molecule has 0 heterocycles. The molecule has 0 spiro atoms. The van der Waals surface area contributed by atoms with E-state index in [1.807, 2.05) is 0 Å². The van der Waals surface area contributed by atoms with Gasteiger partial charge in [0.05, 0.1) is 17.8 Å². The average molecular weight is 338 g/mol. The number of ketones is 1. The Bertz CT molecular complexity index is 627. The maximum absolute atomic E-state index is 16.5.